The molecule has 1 aromatic carbocycles. The normalized spacial score (nSPS) is 12.6. The molecule has 0 heterocycles. The van der Waals surface area contributed by atoms with Crippen molar-refractivity contribution in [1.29, 1.82) is 5.26 Å². The van der Waals surface area contributed by atoms with Crippen LogP contribution < -0.4 is 4.74 Å². The van der Waals surface area contributed by atoms with Crippen molar-refractivity contribution in [3.63, 3.8) is 0 Å². The molecule has 0 unspecified atom stereocenters. The van der Waals surface area contributed by atoms with Crippen LogP contribution in [0.3, 0.4) is 0 Å². The molecule has 1 N–H and O–H groups in total. The number of benzene rings is 1. The molecule has 0 aliphatic carbocycles. The van der Waals surface area contributed by atoms with Crippen LogP contribution in [-0.4, -0.2) is 11.7 Å². The fraction of sp³-hybridized carbons (Fsp3) is 0.458. The lowest BCUT2D eigenvalue weighted by Crippen LogP contribution is -2.07. The Hall–Kier alpha value is -1.89. The van der Waals surface area contributed by atoms with Gasteiger partial charge in [-0.1, -0.05) is 61.7 Å². The van der Waals surface area contributed by atoms with E-state index in [1.54, 1.807) is 18.2 Å². The molecule has 0 amide bonds. The van der Waals surface area contributed by atoms with Gasteiger partial charge in [0.1, 0.15) is 11.5 Å². The number of ether oxygens (including phenoxy) is 1. The molecule has 29 heavy (non-hydrogen) atoms. The summed E-state index contributed by atoms with van der Waals surface area (Å²) in [6.45, 7) is 10.2. The topological polar surface area (TPSA) is 53.2 Å². The maximum absolute atomic E-state index is 10.4. The van der Waals surface area contributed by atoms with E-state index in [2.05, 4.69) is 19.6 Å². The zero-order valence-electron chi connectivity index (χ0n) is 17.6. The number of aromatic hydroxyl groups is 1. The van der Waals surface area contributed by atoms with Gasteiger partial charge in [0.2, 0.25) is 0 Å². The number of hydrogen-bond acceptors (Lipinski definition) is 3. The number of aryl methyl sites for hydroxylation is 1. The van der Waals surface area contributed by atoms with E-state index in [9.17, 15) is 5.11 Å². The quantitative estimate of drug-likeness (QED) is 0.274. The number of unbranched alkanes of at least 4 members (excludes halogenated alkanes) is 2. The summed E-state index contributed by atoms with van der Waals surface area (Å²) in [6, 6.07) is 5.97. The molecule has 0 aromatic heterocycles. The molecule has 0 fully saturated rings. The first-order valence-corrected chi connectivity index (χ1v) is 10.7. The monoisotopic (exact) mass is 435 g/mol. The Labute approximate surface area is 185 Å². The van der Waals surface area contributed by atoms with E-state index in [4.69, 9.17) is 33.2 Å². The van der Waals surface area contributed by atoms with Crippen LogP contribution in [0.1, 0.15) is 57.6 Å². The summed E-state index contributed by atoms with van der Waals surface area (Å²) in [7, 11) is 0. The fourth-order valence-electron chi connectivity index (χ4n) is 2.78. The standard InChI is InChI=1S/C24H31Cl2NO2/c1-5-18-14-19(10-11-21(26)15-20(25)6-2)22(28)16-23(18)29-13-9-7-8-12-24(3,4)17-27/h6,11,14-16,28H,2,5,7-10,12-13H2,1,3-4H3/b20-15+,21-11+. The minimum Gasteiger partial charge on any atom is -0.508 e. The number of rotatable bonds is 12. The Kier molecular flexibility index (Phi) is 10.9. The molecule has 0 aliphatic heterocycles. The Morgan fingerprint density at radius 2 is 1.93 bits per heavy atom. The first kappa shape index (κ1) is 25.1. The van der Waals surface area contributed by atoms with E-state index < -0.39 is 0 Å². The van der Waals surface area contributed by atoms with Crippen molar-refractivity contribution < 1.29 is 9.84 Å². The van der Waals surface area contributed by atoms with Crippen molar-refractivity contribution in [1.82, 2.24) is 0 Å². The van der Waals surface area contributed by atoms with Gasteiger partial charge in [-0.05, 0) is 62.8 Å². The minimum absolute atomic E-state index is 0.187. The third kappa shape index (κ3) is 9.43. The Morgan fingerprint density at radius 3 is 2.55 bits per heavy atom. The number of halogens is 2. The van der Waals surface area contributed by atoms with Gasteiger partial charge < -0.3 is 9.84 Å². The van der Waals surface area contributed by atoms with Crippen molar-refractivity contribution >= 4 is 23.2 Å². The van der Waals surface area contributed by atoms with E-state index in [-0.39, 0.29) is 11.2 Å². The number of phenols is 1. The van der Waals surface area contributed by atoms with Gasteiger partial charge in [0.05, 0.1) is 18.1 Å². The Balaban J connectivity index is 2.66. The van der Waals surface area contributed by atoms with Crippen molar-refractivity contribution in [3.05, 3.63) is 58.1 Å². The highest BCUT2D eigenvalue weighted by atomic mass is 35.5. The first-order chi connectivity index (χ1) is 13.7. The van der Waals surface area contributed by atoms with Gasteiger partial charge in [-0.3, -0.25) is 0 Å². The molecule has 1 aromatic rings. The smallest absolute Gasteiger partial charge is 0.126 e. The van der Waals surface area contributed by atoms with Gasteiger partial charge in [-0.2, -0.15) is 5.26 Å². The van der Waals surface area contributed by atoms with E-state index in [1.807, 2.05) is 19.9 Å². The molecule has 0 radical (unpaired) electrons. The maximum atomic E-state index is 10.4. The average molecular weight is 436 g/mol. The second-order valence-corrected chi connectivity index (χ2v) is 8.50. The predicted octanol–water partition coefficient (Wildman–Crippen LogP) is 7.42. The summed E-state index contributed by atoms with van der Waals surface area (Å²) in [5.74, 6) is 0.906. The van der Waals surface area contributed by atoms with Gasteiger partial charge in [-0.15, -0.1) is 0 Å². The van der Waals surface area contributed by atoms with Crippen LogP contribution in [0.15, 0.2) is 47.0 Å². The molecule has 0 spiro atoms. The van der Waals surface area contributed by atoms with Gasteiger partial charge >= 0.3 is 0 Å². The van der Waals surface area contributed by atoms with Gasteiger partial charge in [0.25, 0.3) is 0 Å². The Bertz CT molecular complexity index is 789. The van der Waals surface area contributed by atoms with Crippen molar-refractivity contribution in [2.75, 3.05) is 6.61 Å². The van der Waals surface area contributed by atoms with Crippen LogP contribution in [0.2, 0.25) is 0 Å². The van der Waals surface area contributed by atoms with Crippen LogP contribution in [-0.2, 0) is 12.8 Å². The third-order valence-corrected chi connectivity index (χ3v) is 5.16. The Morgan fingerprint density at radius 1 is 1.21 bits per heavy atom. The van der Waals surface area contributed by atoms with Crippen LogP contribution in [0, 0.1) is 16.7 Å². The number of nitriles is 1. The highest BCUT2D eigenvalue weighted by Crippen LogP contribution is 2.30. The van der Waals surface area contributed by atoms with Crippen molar-refractivity contribution in [2.45, 2.75) is 59.3 Å². The van der Waals surface area contributed by atoms with Crippen LogP contribution in [0.5, 0.6) is 11.5 Å². The molecule has 1 rings (SSSR count). The number of phenolic OH excluding ortho intramolecular Hbond substituents is 1. The predicted molar refractivity (Wildman–Crippen MR) is 123 cm³/mol. The fourth-order valence-corrected chi connectivity index (χ4v) is 3.15. The van der Waals surface area contributed by atoms with Crippen molar-refractivity contribution in [2.24, 2.45) is 5.41 Å². The lowest BCUT2D eigenvalue weighted by Gasteiger charge is -2.15. The summed E-state index contributed by atoms with van der Waals surface area (Å²) < 4.78 is 5.91. The second kappa shape index (κ2) is 12.6. The SMILES string of the molecule is C=C/C(Cl)=C\C(Cl)=C/Cc1cc(CC)c(OCCCCCC(C)(C)C#N)cc1O. The van der Waals surface area contributed by atoms with E-state index in [1.165, 1.54) is 6.08 Å². The first-order valence-electron chi connectivity index (χ1n) is 9.96. The zero-order valence-corrected chi connectivity index (χ0v) is 19.1. The van der Waals surface area contributed by atoms with Gasteiger partial charge in [-0.25, -0.2) is 0 Å². The average Bonchev–Trinajstić information content (AvgIpc) is 2.69. The molecule has 158 valence electrons. The molecule has 0 aliphatic rings. The summed E-state index contributed by atoms with van der Waals surface area (Å²) in [4.78, 5) is 0. The summed E-state index contributed by atoms with van der Waals surface area (Å²) >= 11 is 12.0. The lowest BCUT2D eigenvalue weighted by molar-refractivity contribution is 0.296. The molecule has 0 saturated heterocycles. The molecular weight excluding hydrogens is 405 g/mol. The molecule has 5 heteroatoms. The van der Waals surface area contributed by atoms with E-state index in [0.717, 1.165) is 49.0 Å². The van der Waals surface area contributed by atoms with Crippen LogP contribution in [0.25, 0.3) is 0 Å². The molecule has 3 nitrogen and oxygen atoms in total. The van der Waals surface area contributed by atoms with E-state index in [0.29, 0.717) is 23.1 Å². The van der Waals surface area contributed by atoms with E-state index >= 15 is 0 Å². The lowest BCUT2D eigenvalue weighted by atomic mass is 9.89. The van der Waals surface area contributed by atoms with Crippen LogP contribution >= 0.6 is 23.2 Å². The number of hydrogen-bond donors (Lipinski definition) is 1. The maximum Gasteiger partial charge on any atom is 0.126 e. The highest BCUT2D eigenvalue weighted by Gasteiger charge is 2.15. The summed E-state index contributed by atoms with van der Waals surface area (Å²) in [5, 5.41) is 20.4. The second-order valence-electron chi connectivity index (χ2n) is 7.62. The molecular formula is C24H31Cl2NO2. The third-order valence-electron chi connectivity index (χ3n) is 4.64. The summed E-state index contributed by atoms with van der Waals surface area (Å²) in [5.41, 5.74) is 1.57. The van der Waals surface area contributed by atoms with Crippen LogP contribution in [0.4, 0.5) is 0 Å². The largest absolute Gasteiger partial charge is 0.508 e. The van der Waals surface area contributed by atoms with Crippen molar-refractivity contribution in [3.8, 4) is 17.6 Å². The molecule has 0 bridgehead atoms. The highest BCUT2D eigenvalue weighted by molar-refractivity contribution is 6.35. The zero-order chi connectivity index (χ0) is 21.9. The molecule has 0 atom stereocenters. The van der Waals surface area contributed by atoms with Gasteiger partial charge in [0, 0.05) is 16.1 Å². The number of allylic oxidation sites excluding steroid dienone is 5. The summed E-state index contributed by atoms with van der Waals surface area (Å²) in [6.07, 6.45) is 10.1. The molecule has 0 saturated carbocycles. The van der Waals surface area contributed by atoms with Gasteiger partial charge in [0.15, 0.2) is 0 Å². The number of nitrogens with zero attached hydrogens (tertiary/aromatic N) is 1. The minimum atomic E-state index is -0.262.